The zero-order valence-corrected chi connectivity index (χ0v) is 13.0. The number of rotatable bonds is 2. The summed E-state index contributed by atoms with van der Waals surface area (Å²) in [6, 6.07) is 2.57. The van der Waals surface area contributed by atoms with Gasteiger partial charge in [-0.1, -0.05) is 6.42 Å². The molecule has 0 radical (unpaired) electrons. The molecule has 0 saturated carbocycles. The number of nitrogens with one attached hydrogen (secondary N) is 1. The first-order chi connectivity index (χ1) is 10.3. The summed E-state index contributed by atoms with van der Waals surface area (Å²) in [6.45, 7) is 1.82. The van der Waals surface area contributed by atoms with Crippen LogP contribution in [0.15, 0.2) is 6.07 Å². The van der Waals surface area contributed by atoms with Gasteiger partial charge in [0.15, 0.2) is 5.82 Å². The number of anilines is 1. The highest BCUT2D eigenvalue weighted by molar-refractivity contribution is 7.15. The molecule has 2 aromatic heterocycles. The van der Waals surface area contributed by atoms with Gasteiger partial charge >= 0.3 is 0 Å². The van der Waals surface area contributed by atoms with Gasteiger partial charge in [-0.3, -0.25) is 5.10 Å². The fraction of sp³-hybridized carbons (Fsp3) is 0.600. The van der Waals surface area contributed by atoms with Gasteiger partial charge in [-0.2, -0.15) is 4.98 Å². The second kappa shape index (κ2) is 5.42. The molecule has 0 aromatic carbocycles. The summed E-state index contributed by atoms with van der Waals surface area (Å²) in [5.41, 5.74) is 7.48. The molecule has 5 nitrogen and oxygen atoms in total. The standard InChI is InChI=1S/C15H21N5S/c16-11-6-7-20(9-11)15-17-14(18-19-15)13-8-10-4-2-1-3-5-12(10)21-13/h8,11H,1-7,9,16H2,(H,17,18,19). The molecule has 1 aliphatic heterocycles. The van der Waals surface area contributed by atoms with Crippen molar-refractivity contribution >= 4 is 17.3 Å². The van der Waals surface area contributed by atoms with Crippen LogP contribution in [0.25, 0.3) is 10.7 Å². The van der Waals surface area contributed by atoms with E-state index in [1.54, 1.807) is 4.88 Å². The first kappa shape index (κ1) is 13.3. The first-order valence-corrected chi connectivity index (χ1v) is 8.66. The van der Waals surface area contributed by atoms with E-state index in [-0.39, 0.29) is 6.04 Å². The highest BCUT2D eigenvalue weighted by atomic mass is 32.1. The van der Waals surface area contributed by atoms with Gasteiger partial charge in [0.1, 0.15) is 0 Å². The molecule has 0 amide bonds. The van der Waals surface area contributed by atoms with Crippen molar-refractivity contribution in [1.82, 2.24) is 15.2 Å². The van der Waals surface area contributed by atoms with Crippen LogP contribution in [0.4, 0.5) is 5.95 Å². The Labute approximate surface area is 128 Å². The summed E-state index contributed by atoms with van der Waals surface area (Å²) in [7, 11) is 0. The van der Waals surface area contributed by atoms with Crippen molar-refractivity contribution in [2.45, 2.75) is 44.6 Å². The van der Waals surface area contributed by atoms with Crippen molar-refractivity contribution in [3.8, 4) is 10.7 Å². The second-order valence-corrected chi connectivity index (χ2v) is 7.24. The van der Waals surface area contributed by atoms with Crippen molar-refractivity contribution in [3.05, 3.63) is 16.5 Å². The summed E-state index contributed by atoms with van der Waals surface area (Å²) in [5, 5.41) is 7.48. The van der Waals surface area contributed by atoms with Crippen LogP contribution < -0.4 is 10.6 Å². The average molecular weight is 303 g/mol. The van der Waals surface area contributed by atoms with Crippen molar-refractivity contribution in [3.63, 3.8) is 0 Å². The van der Waals surface area contributed by atoms with Crippen LogP contribution in [0.1, 0.15) is 36.1 Å². The Bertz CT molecular complexity index is 608. The maximum Gasteiger partial charge on any atom is 0.245 e. The van der Waals surface area contributed by atoms with Gasteiger partial charge in [0.25, 0.3) is 0 Å². The minimum Gasteiger partial charge on any atom is -0.338 e. The van der Waals surface area contributed by atoms with E-state index in [4.69, 9.17) is 5.73 Å². The number of thiophene rings is 1. The number of hydrogen-bond donors (Lipinski definition) is 2. The molecule has 3 heterocycles. The molecule has 3 N–H and O–H groups in total. The normalized spacial score (nSPS) is 22.3. The molecule has 0 spiro atoms. The Kier molecular flexibility index (Phi) is 3.43. The number of fused-ring (bicyclic) bond motifs is 1. The fourth-order valence-corrected chi connectivity index (χ4v) is 4.45. The summed E-state index contributed by atoms with van der Waals surface area (Å²) in [5.74, 6) is 1.70. The van der Waals surface area contributed by atoms with Crippen molar-refractivity contribution < 1.29 is 0 Å². The summed E-state index contributed by atoms with van der Waals surface area (Å²) in [4.78, 5) is 9.62. The maximum absolute atomic E-state index is 5.96. The molecule has 2 aliphatic rings. The Balaban J connectivity index is 1.58. The molecule has 6 heteroatoms. The number of aryl methyl sites for hydroxylation is 2. The van der Waals surface area contributed by atoms with E-state index in [1.807, 2.05) is 11.3 Å². The van der Waals surface area contributed by atoms with E-state index in [9.17, 15) is 0 Å². The molecule has 2 aromatic rings. The third kappa shape index (κ3) is 2.58. The van der Waals surface area contributed by atoms with Crippen LogP contribution in [-0.2, 0) is 12.8 Å². The highest BCUT2D eigenvalue weighted by Crippen LogP contribution is 2.34. The Morgan fingerprint density at radius 3 is 3.05 bits per heavy atom. The van der Waals surface area contributed by atoms with Gasteiger partial charge in [0, 0.05) is 24.0 Å². The second-order valence-electron chi connectivity index (χ2n) is 6.10. The zero-order chi connectivity index (χ0) is 14.2. The summed E-state index contributed by atoms with van der Waals surface area (Å²) >= 11 is 1.88. The molecule has 1 atom stereocenters. The Morgan fingerprint density at radius 2 is 2.19 bits per heavy atom. The van der Waals surface area contributed by atoms with Crippen LogP contribution in [0.5, 0.6) is 0 Å². The van der Waals surface area contributed by atoms with Gasteiger partial charge in [0.2, 0.25) is 5.95 Å². The topological polar surface area (TPSA) is 70.8 Å². The van der Waals surface area contributed by atoms with Crippen LogP contribution >= 0.6 is 11.3 Å². The monoisotopic (exact) mass is 303 g/mol. The van der Waals surface area contributed by atoms with E-state index in [0.29, 0.717) is 0 Å². The van der Waals surface area contributed by atoms with E-state index >= 15 is 0 Å². The summed E-state index contributed by atoms with van der Waals surface area (Å²) < 4.78 is 0. The van der Waals surface area contributed by atoms with Gasteiger partial charge in [-0.05, 0) is 43.7 Å². The molecule has 1 saturated heterocycles. The van der Waals surface area contributed by atoms with E-state index < -0.39 is 0 Å². The Morgan fingerprint density at radius 1 is 1.29 bits per heavy atom. The lowest BCUT2D eigenvalue weighted by Crippen LogP contribution is -2.26. The minimum absolute atomic E-state index is 0.254. The first-order valence-electron chi connectivity index (χ1n) is 7.84. The minimum atomic E-state index is 0.254. The lowest BCUT2D eigenvalue weighted by atomic mass is 10.1. The molecule has 1 unspecified atom stereocenters. The molecule has 21 heavy (non-hydrogen) atoms. The van der Waals surface area contributed by atoms with Crippen molar-refractivity contribution in [2.24, 2.45) is 5.73 Å². The molecule has 0 bridgehead atoms. The zero-order valence-electron chi connectivity index (χ0n) is 12.1. The smallest absolute Gasteiger partial charge is 0.245 e. The third-order valence-electron chi connectivity index (χ3n) is 4.46. The average Bonchev–Trinajstić information content (AvgIpc) is 3.16. The number of H-pyrrole nitrogens is 1. The molecule has 4 rings (SSSR count). The number of aromatic nitrogens is 3. The number of aromatic amines is 1. The van der Waals surface area contributed by atoms with E-state index in [2.05, 4.69) is 26.1 Å². The number of hydrogen-bond acceptors (Lipinski definition) is 5. The lowest BCUT2D eigenvalue weighted by molar-refractivity contribution is 0.713. The molecular formula is C15H21N5S. The largest absolute Gasteiger partial charge is 0.338 e. The van der Waals surface area contributed by atoms with Crippen LogP contribution in [-0.4, -0.2) is 34.3 Å². The molecular weight excluding hydrogens is 282 g/mol. The van der Waals surface area contributed by atoms with Crippen molar-refractivity contribution in [1.29, 1.82) is 0 Å². The number of nitrogens with zero attached hydrogens (tertiary/aromatic N) is 3. The fourth-order valence-electron chi connectivity index (χ4n) is 3.26. The van der Waals surface area contributed by atoms with Gasteiger partial charge in [-0.15, -0.1) is 16.4 Å². The van der Waals surface area contributed by atoms with E-state index in [1.165, 1.54) is 42.5 Å². The van der Waals surface area contributed by atoms with Gasteiger partial charge in [0.05, 0.1) is 4.88 Å². The van der Waals surface area contributed by atoms with Crippen LogP contribution in [0, 0.1) is 0 Å². The maximum atomic E-state index is 5.96. The molecule has 1 fully saturated rings. The number of nitrogens with two attached hydrogens (primary N) is 1. The van der Waals surface area contributed by atoms with E-state index in [0.717, 1.165) is 31.3 Å². The van der Waals surface area contributed by atoms with Crippen LogP contribution in [0.2, 0.25) is 0 Å². The van der Waals surface area contributed by atoms with Crippen molar-refractivity contribution in [2.75, 3.05) is 18.0 Å². The van der Waals surface area contributed by atoms with Crippen LogP contribution in [0.3, 0.4) is 0 Å². The lowest BCUT2D eigenvalue weighted by Gasteiger charge is -2.11. The molecule has 1 aliphatic carbocycles. The summed E-state index contributed by atoms with van der Waals surface area (Å²) in [6.07, 6.45) is 7.46. The quantitative estimate of drug-likeness (QED) is 0.835. The predicted molar refractivity (Wildman–Crippen MR) is 85.8 cm³/mol. The van der Waals surface area contributed by atoms with Gasteiger partial charge < -0.3 is 10.6 Å². The highest BCUT2D eigenvalue weighted by Gasteiger charge is 2.23. The predicted octanol–water partition coefficient (Wildman–Crippen LogP) is 2.34. The molecule has 112 valence electrons. The third-order valence-corrected chi connectivity index (χ3v) is 5.70. The SMILES string of the molecule is NC1CCN(c2n[nH]c(-c3cc4c(s3)CCCCC4)n2)C1. The Hall–Kier alpha value is -1.40. The van der Waals surface area contributed by atoms with Gasteiger partial charge in [-0.25, -0.2) is 0 Å².